The molecule has 0 radical (unpaired) electrons. The van der Waals surface area contributed by atoms with Gasteiger partial charge in [-0.15, -0.1) is 0 Å². The molecule has 1 amide bonds. The Morgan fingerprint density at radius 1 is 0.939 bits per heavy atom. The number of fused-ring (bicyclic) bond motifs is 1. The van der Waals surface area contributed by atoms with E-state index in [0.29, 0.717) is 43.6 Å². The van der Waals surface area contributed by atoms with Crippen molar-refractivity contribution < 1.29 is 37.0 Å². The molecule has 1 saturated heterocycles. The first-order valence-corrected chi connectivity index (χ1v) is 11.9. The molecule has 0 bridgehead atoms. The number of hydrogen-bond acceptors (Lipinski definition) is 8. The third-order valence-corrected chi connectivity index (χ3v) is 6.98. The van der Waals surface area contributed by atoms with E-state index in [2.05, 4.69) is 5.32 Å². The quantitative estimate of drug-likeness (QED) is 0.625. The second kappa shape index (κ2) is 10.2. The predicted octanol–water partition coefficient (Wildman–Crippen LogP) is 1.66. The van der Waals surface area contributed by atoms with Crippen molar-refractivity contribution in [2.75, 3.05) is 51.4 Å². The SMILES string of the molecule is O=C(COC(=O)c1ccc(S(=O)(=O)N2CCOCC2)cc1)Nc1ccc2c(c1)OCCCO2. The van der Waals surface area contributed by atoms with Gasteiger partial charge in [0, 0.05) is 31.3 Å². The number of sulfonamides is 1. The van der Waals surface area contributed by atoms with Crippen molar-refractivity contribution in [2.45, 2.75) is 11.3 Å². The number of morpholine rings is 1. The van der Waals surface area contributed by atoms with E-state index in [1.54, 1.807) is 18.2 Å². The Bertz CT molecular complexity index is 1110. The summed E-state index contributed by atoms with van der Waals surface area (Å²) in [5.74, 6) is -0.117. The Labute approximate surface area is 191 Å². The minimum atomic E-state index is -3.66. The molecule has 1 N–H and O–H groups in total. The molecule has 2 aliphatic rings. The third-order valence-electron chi connectivity index (χ3n) is 5.06. The Hall–Kier alpha value is -3.15. The first-order chi connectivity index (χ1) is 15.9. The molecule has 0 aromatic heterocycles. The number of ether oxygens (including phenoxy) is 4. The topological polar surface area (TPSA) is 120 Å². The Morgan fingerprint density at radius 3 is 2.36 bits per heavy atom. The first kappa shape index (κ1) is 23.0. The van der Waals surface area contributed by atoms with Crippen molar-refractivity contribution in [1.82, 2.24) is 4.31 Å². The summed E-state index contributed by atoms with van der Waals surface area (Å²) >= 11 is 0. The van der Waals surface area contributed by atoms with Crippen molar-refractivity contribution in [3.8, 4) is 11.5 Å². The van der Waals surface area contributed by atoms with Crippen LogP contribution in [0.2, 0.25) is 0 Å². The van der Waals surface area contributed by atoms with Crippen molar-refractivity contribution >= 4 is 27.6 Å². The molecule has 0 unspecified atom stereocenters. The summed E-state index contributed by atoms with van der Waals surface area (Å²) in [5.41, 5.74) is 0.622. The van der Waals surface area contributed by atoms with Crippen LogP contribution in [-0.4, -0.2) is 70.7 Å². The molecule has 10 nitrogen and oxygen atoms in total. The number of nitrogens with zero attached hydrogens (tertiary/aromatic N) is 1. The fourth-order valence-corrected chi connectivity index (χ4v) is 4.76. The maximum Gasteiger partial charge on any atom is 0.338 e. The van der Waals surface area contributed by atoms with E-state index in [1.165, 1.54) is 28.6 Å². The standard InChI is InChI=1S/C22H24N2O8S/c25-21(23-17-4-7-19-20(14-17)31-11-1-10-30-19)15-32-22(26)16-2-5-18(6-3-16)33(27,28)24-8-12-29-13-9-24/h2-7,14H,1,8-13,15H2,(H,23,25). The van der Waals surface area contributed by atoms with Crippen molar-refractivity contribution in [3.05, 3.63) is 48.0 Å². The van der Waals surface area contributed by atoms with Crippen LogP contribution in [0, 0.1) is 0 Å². The van der Waals surface area contributed by atoms with Crippen LogP contribution in [0.1, 0.15) is 16.8 Å². The van der Waals surface area contributed by atoms with Gasteiger partial charge in [-0.05, 0) is 36.4 Å². The lowest BCUT2D eigenvalue weighted by molar-refractivity contribution is -0.119. The van der Waals surface area contributed by atoms with Gasteiger partial charge in [-0.25, -0.2) is 13.2 Å². The fraction of sp³-hybridized carbons (Fsp3) is 0.364. The summed E-state index contributed by atoms with van der Waals surface area (Å²) in [6, 6.07) is 10.4. The van der Waals surface area contributed by atoms with Crippen molar-refractivity contribution in [1.29, 1.82) is 0 Å². The molecule has 2 aromatic carbocycles. The van der Waals surface area contributed by atoms with E-state index in [1.807, 2.05) is 0 Å². The van der Waals surface area contributed by atoms with Crippen LogP contribution in [0.25, 0.3) is 0 Å². The monoisotopic (exact) mass is 476 g/mol. The second-order valence-electron chi connectivity index (χ2n) is 7.38. The molecule has 0 spiro atoms. The van der Waals surface area contributed by atoms with Gasteiger partial charge in [-0.1, -0.05) is 0 Å². The molecule has 2 aromatic rings. The lowest BCUT2D eigenvalue weighted by Crippen LogP contribution is -2.40. The minimum absolute atomic E-state index is 0.0769. The average molecular weight is 477 g/mol. The Morgan fingerprint density at radius 2 is 1.64 bits per heavy atom. The van der Waals surface area contributed by atoms with Gasteiger partial charge in [0.05, 0.1) is 36.9 Å². The molecule has 4 rings (SSSR count). The number of esters is 1. The molecular formula is C22H24N2O8S. The van der Waals surface area contributed by atoms with Crippen LogP contribution < -0.4 is 14.8 Å². The first-order valence-electron chi connectivity index (χ1n) is 10.5. The highest BCUT2D eigenvalue weighted by Gasteiger charge is 2.26. The van der Waals surface area contributed by atoms with Crippen LogP contribution >= 0.6 is 0 Å². The van der Waals surface area contributed by atoms with Crippen LogP contribution in [0.3, 0.4) is 0 Å². The number of benzene rings is 2. The van der Waals surface area contributed by atoms with Crippen LogP contribution in [0.4, 0.5) is 5.69 Å². The number of hydrogen-bond donors (Lipinski definition) is 1. The van der Waals surface area contributed by atoms with E-state index in [4.69, 9.17) is 18.9 Å². The van der Waals surface area contributed by atoms with Gasteiger partial charge in [0.25, 0.3) is 5.91 Å². The lowest BCUT2D eigenvalue weighted by Gasteiger charge is -2.26. The highest BCUT2D eigenvalue weighted by molar-refractivity contribution is 7.89. The zero-order valence-electron chi connectivity index (χ0n) is 17.8. The van der Waals surface area contributed by atoms with E-state index in [9.17, 15) is 18.0 Å². The smallest absolute Gasteiger partial charge is 0.338 e. The zero-order valence-corrected chi connectivity index (χ0v) is 18.6. The number of rotatable bonds is 6. The predicted molar refractivity (Wildman–Crippen MR) is 117 cm³/mol. The zero-order chi connectivity index (χ0) is 23.3. The van der Waals surface area contributed by atoms with Gasteiger partial charge in [-0.2, -0.15) is 4.31 Å². The molecule has 0 atom stereocenters. The van der Waals surface area contributed by atoms with Gasteiger partial charge < -0.3 is 24.3 Å². The van der Waals surface area contributed by atoms with Crippen molar-refractivity contribution in [3.63, 3.8) is 0 Å². The lowest BCUT2D eigenvalue weighted by atomic mass is 10.2. The average Bonchev–Trinajstić information content (AvgIpc) is 3.08. The maximum atomic E-state index is 12.7. The normalized spacial score (nSPS) is 16.5. The molecular weight excluding hydrogens is 452 g/mol. The molecule has 0 aliphatic carbocycles. The third kappa shape index (κ3) is 5.62. The molecule has 11 heteroatoms. The molecule has 176 valence electrons. The van der Waals surface area contributed by atoms with Gasteiger partial charge in [0.15, 0.2) is 18.1 Å². The summed E-state index contributed by atoms with van der Waals surface area (Å²) < 4.78 is 48.0. The summed E-state index contributed by atoms with van der Waals surface area (Å²) in [7, 11) is -3.66. The van der Waals surface area contributed by atoms with Gasteiger partial charge in [0.1, 0.15) is 0 Å². The van der Waals surface area contributed by atoms with Gasteiger partial charge >= 0.3 is 5.97 Å². The maximum absolute atomic E-state index is 12.7. The van der Waals surface area contributed by atoms with Crippen molar-refractivity contribution in [2.24, 2.45) is 0 Å². The summed E-state index contributed by atoms with van der Waals surface area (Å²) in [5, 5.41) is 2.64. The molecule has 2 aliphatic heterocycles. The number of anilines is 1. The second-order valence-corrected chi connectivity index (χ2v) is 9.32. The van der Waals surface area contributed by atoms with E-state index >= 15 is 0 Å². The van der Waals surface area contributed by atoms with E-state index < -0.39 is 28.5 Å². The number of nitrogens with one attached hydrogen (secondary N) is 1. The molecule has 33 heavy (non-hydrogen) atoms. The Kier molecular flexibility index (Phi) is 7.11. The Balaban J connectivity index is 1.31. The number of amides is 1. The summed E-state index contributed by atoms with van der Waals surface area (Å²) in [4.78, 5) is 24.5. The van der Waals surface area contributed by atoms with Gasteiger partial charge in [-0.3, -0.25) is 4.79 Å². The highest BCUT2D eigenvalue weighted by atomic mass is 32.2. The van der Waals surface area contributed by atoms with Crippen LogP contribution in [0.15, 0.2) is 47.4 Å². The summed E-state index contributed by atoms with van der Waals surface area (Å²) in [6.45, 7) is 1.84. The molecule has 2 heterocycles. The molecule has 1 fully saturated rings. The minimum Gasteiger partial charge on any atom is -0.490 e. The fourth-order valence-electron chi connectivity index (χ4n) is 3.35. The highest BCUT2D eigenvalue weighted by Crippen LogP contribution is 2.32. The van der Waals surface area contributed by atoms with Crippen LogP contribution in [0.5, 0.6) is 11.5 Å². The van der Waals surface area contributed by atoms with Gasteiger partial charge in [0.2, 0.25) is 10.0 Å². The van der Waals surface area contributed by atoms with E-state index in [-0.39, 0.29) is 23.5 Å². The summed E-state index contributed by atoms with van der Waals surface area (Å²) in [6.07, 6.45) is 0.770. The molecule has 0 saturated carbocycles. The van der Waals surface area contributed by atoms with Crippen LogP contribution in [-0.2, 0) is 24.3 Å². The largest absolute Gasteiger partial charge is 0.490 e. The number of carbonyl (C=O) groups excluding carboxylic acids is 2. The van der Waals surface area contributed by atoms with E-state index in [0.717, 1.165) is 6.42 Å². The number of carbonyl (C=O) groups is 2.